The van der Waals surface area contributed by atoms with Gasteiger partial charge in [0.25, 0.3) is 11.2 Å². The third-order valence-corrected chi connectivity index (χ3v) is 4.62. The molecule has 4 rings (SSSR count). The van der Waals surface area contributed by atoms with E-state index in [0.717, 1.165) is 11.1 Å². The first kappa shape index (κ1) is 19.0. The number of nitro benzene ring substituents is 1. The number of amides is 1. The van der Waals surface area contributed by atoms with Gasteiger partial charge in [0, 0.05) is 23.4 Å². The van der Waals surface area contributed by atoms with Crippen LogP contribution < -0.4 is 10.9 Å². The van der Waals surface area contributed by atoms with Gasteiger partial charge in [-0.1, -0.05) is 48.5 Å². The third-order valence-electron chi connectivity index (χ3n) is 4.62. The molecule has 0 bridgehead atoms. The molecule has 1 aromatic heterocycles. The molecule has 1 N–H and O–H groups in total. The number of para-hydroxylation sites is 1. The number of rotatable bonds is 5. The van der Waals surface area contributed by atoms with Crippen molar-refractivity contribution in [2.75, 3.05) is 5.32 Å². The van der Waals surface area contributed by atoms with Crippen molar-refractivity contribution in [3.8, 4) is 11.1 Å². The molecule has 0 atom stereocenters. The van der Waals surface area contributed by atoms with E-state index < -0.39 is 10.5 Å². The lowest BCUT2D eigenvalue weighted by Crippen LogP contribution is -2.28. The summed E-state index contributed by atoms with van der Waals surface area (Å²) in [6.07, 6.45) is 1.22. The molecule has 4 aromatic rings. The quantitative estimate of drug-likeness (QED) is 0.407. The van der Waals surface area contributed by atoms with E-state index in [1.807, 2.05) is 48.5 Å². The molecule has 0 fully saturated rings. The first-order valence-electron chi connectivity index (χ1n) is 9.11. The van der Waals surface area contributed by atoms with Gasteiger partial charge < -0.3 is 5.32 Å². The topological polar surface area (TPSA) is 107 Å². The third kappa shape index (κ3) is 3.79. The summed E-state index contributed by atoms with van der Waals surface area (Å²) in [6, 6.07) is 20.9. The highest BCUT2D eigenvalue weighted by molar-refractivity contribution is 5.95. The fourth-order valence-electron chi connectivity index (χ4n) is 3.18. The van der Waals surface area contributed by atoms with Gasteiger partial charge >= 0.3 is 0 Å². The zero-order valence-electron chi connectivity index (χ0n) is 15.7. The number of non-ortho nitro benzene ring substituents is 1. The first-order valence-corrected chi connectivity index (χ1v) is 9.11. The van der Waals surface area contributed by atoms with Crippen molar-refractivity contribution in [2.24, 2.45) is 0 Å². The molecule has 8 heteroatoms. The molecule has 0 aliphatic rings. The van der Waals surface area contributed by atoms with Crippen LogP contribution in [0.1, 0.15) is 0 Å². The summed E-state index contributed by atoms with van der Waals surface area (Å²) < 4.78 is 1.18. The van der Waals surface area contributed by atoms with Crippen LogP contribution in [0.15, 0.2) is 83.9 Å². The number of hydrogen-bond acceptors (Lipinski definition) is 5. The second-order valence-corrected chi connectivity index (χ2v) is 6.60. The monoisotopic (exact) mass is 400 g/mol. The molecule has 148 valence electrons. The second kappa shape index (κ2) is 7.96. The molecule has 0 aliphatic carbocycles. The van der Waals surface area contributed by atoms with Crippen LogP contribution in [0.5, 0.6) is 0 Å². The van der Waals surface area contributed by atoms with E-state index in [-0.39, 0.29) is 29.0 Å². The lowest BCUT2D eigenvalue weighted by Gasteiger charge is -2.12. The van der Waals surface area contributed by atoms with Crippen LogP contribution in [0.4, 0.5) is 11.4 Å². The van der Waals surface area contributed by atoms with E-state index in [1.54, 1.807) is 6.07 Å². The standard InChI is InChI=1S/C22H16N4O4/c27-21(24-19-9-5-4-8-17(19)15-6-2-1-3-7-15)13-25-14-23-20-12-16(26(29)30)10-11-18(20)22(25)28/h1-12,14H,13H2,(H,24,27). The van der Waals surface area contributed by atoms with Gasteiger partial charge in [-0.2, -0.15) is 0 Å². The summed E-state index contributed by atoms with van der Waals surface area (Å²) in [6.45, 7) is -0.234. The molecule has 0 saturated heterocycles. The summed E-state index contributed by atoms with van der Waals surface area (Å²) in [5, 5.41) is 13.9. The lowest BCUT2D eigenvalue weighted by atomic mass is 10.0. The number of fused-ring (bicyclic) bond motifs is 1. The van der Waals surface area contributed by atoms with Gasteiger partial charge in [-0.05, 0) is 17.7 Å². The molecule has 0 radical (unpaired) electrons. The van der Waals surface area contributed by atoms with Crippen LogP contribution >= 0.6 is 0 Å². The number of aromatic nitrogens is 2. The normalized spacial score (nSPS) is 10.7. The second-order valence-electron chi connectivity index (χ2n) is 6.60. The summed E-state index contributed by atoms with van der Waals surface area (Å²) in [5.74, 6) is -0.386. The maximum Gasteiger partial charge on any atom is 0.271 e. The highest BCUT2D eigenvalue weighted by atomic mass is 16.6. The van der Waals surface area contributed by atoms with Crippen molar-refractivity contribution in [3.05, 3.63) is 99.6 Å². The number of nitro groups is 1. The Labute approximate surface area is 170 Å². The molecule has 0 unspecified atom stereocenters. The SMILES string of the molecule is O=C(Cn1cnc2cc([N+](=O)[O-])ccc2c1=O)Nc1ccccc1-c1ccccc1. The molecule has 1 amide bonds. The van der Waals surface area contributed by atoms with Gasteiger partial charge in [0.2, 0.25) is 5.91 Å². The fraction of sp³-hybridized carbons (Fsp3) is 0.0455. The average molecular weight is 400 g/mol. The van der Waals surface area contributed by atoms with Gasteiger partial charge in [0.15, 0.2) is 0 Å². The molecule has 30 heavy (non-hydrogen) atoms. The lowest BCUT2D eigenvalue weighted by molar-refractivity contribution is -0.384. The molecule has 1 heterocycles. The molecule has 0 spiro atoms. The molecular formula is C22H16N4O4. The Balaban J connectivity index is 1.59. The minimum absolute atomic E-state index is 0.151. The molecule has 8 nitrogen and oxygen atoms in total. The first-order chi connectivity index (χ1) is 14.5. The number of carbonyl (C=O) groups excluding carboxylic acids is 1. The van der Waals surface area contributed by atoms with Crippen LogP contribution in [0, 0.1) is 10.1 Å². The Kier molecular flexibility index (Phi) is 5.04. The van der Waals surface area contributed by atoms with Crippen molar-refractivity contribution < 1.29 is 9.72 Å². The van der Waals surface area contributed by atoms with Crippen LogP contribution in [0.3, 0.4) is 0 Å². The maximum absolute atomic E-state index is 12.7. The Morgan fingerprint density at radius 2 is 1.77 bits per heavy atom. The zero-order chi connectivity index (χ0) is 21.1. The van der Waals surface area contributed by atoms with Crippen LogP contribution in [0.25, 0.3) is 22.0 Å². The van der Waals surface area contributed by atoms with Gasteiger partial charge in [0.05, 0.1) is 22.2 Å². The smallest absolute Gasteiger partial charge is 0.271 e. The van der Waals surface area contributed by atoms with Gasteiger partial charge in [-0.15, -0.1) is 0 Å². The van der Waals surface area contributed by atoms with Crippen LogP contribution in [-0.4, -0.2) is 20.4 Å². The number of benzene rings is 3. The molecule has 3 aromatic carbocycles. The van der Waals surface area contributed by atoms with E-state index in [9.17, 15) is 19.7 Å². The Morgan fingerprint density at radius 3 is 2.53 bits per heavy atom. The summed E-state index contributed by atoms with van der Waals surface area (Å²) in [5.41, 5.74) is 2.07. The van der Waals surface area contributed by atoms with Gasteiger partial charge in [-0.25, -0.2) is 4.98 Å². The summed E-state index contributed by atoms with van der Waals surface area (Å²) in [7, 11) is 0. The highest BCUT2D eigenvalue weighted by Gasteiger charge is 2.13. The number of carbonyl (C=O) groups is 1. The number of anilines is 1. The minimum Gasteiger partial charge on any atom is -0.324 e. The Hall–Kier alpha value is -4.33. The predicted octanol–water partition coefficient (Wildman–Crippen LogP) is 3.61. The number of nitrogens with one attached hydrogen (secondary N) is 1. The van der Waals surface area contributed by atoms with E-state index >= 15 is 0 Å². The van der Waals surface area contributed by atoms with E-state index in [2.05, 4.69) is 10.3 Å². The van der Waals surface area contributed by atoms with E-state index in [1.165, 1.54) is 29.1 Å². The van der Waals surface area contributed by atoms with Gasteiger partial charge in [-0.3, -0.25) is 24.3 Å². The Morgan fingerprint density at radius 1 is 1.03 bits per heavy atom. The van der Waals surface area contributed by atoms with Crippen LogP contribution in [-0.2, 0) is 11.3 Å². The van der Waals surface area contributed by atoms with Crippen LogP contribution in [0.2, 0.25) is 0 Å². The number of hydrogen-bond donors (Lipinski definition) is 1. The van der Waals surface area contributed by atoms with E-state index in [0.29, 0.717) is 5.69 Å². The molecule has 0 aliphatic heterocycles. The zero-order valence-corrected chi connectivity index (χ0v) is 15.7. The van der Waals surface area contributed by atoms with Crippen molar-refractivity contribution in [2.45, 2.75) is 6.54 Å². The van der Waals surface area contributed by atoms with Crippen molar-refractivity contribution in [1.29, 1.82) is 0 Å². The Bertz CT molecular complexity index is 1320. The van der Waals surface area contributed by atoms with Crippen molar-refractivity contribution in [3.63, 3.8) is 0 Å². The average Bonchev–Trinajstić information content (AvgIpc) is 2.76. The minimum atomic E-state index is -0.551. The highest BCUT2D eigenvalue weighted by Crippen LogP contribution is 2.27. The molecule has 0 saturated carbocycles. The fourth-order valence-corrected chi connectivity index (χ4v) is 3.18. The largest absolute Gasteiger partial charge is 0.324 e. The summed E-state index contributed by atoms with van der Waals surface area (Å²) in [4.78, 5) is 39.7. The number of nitrogens with zero attached hydrogens (tertiary/aromatic N) is 3. The molecular weight excluding hydrogens is 384 g/mol. The predicted molar refractivity (Wildman–Crippen MR) is 113 cm³/mol. The maximum atomic E-state index is 12.7. The van der Waals surface area contributed by atoms with Crippen molar-refractivity contribution >= 4 is 28.2 Å². The van der Waals surface area contributed by atoms with Crippen molar-refractivity contribution in [1.82, 2.24) is 9.55 Å². The van der Waals surface area contributed by atoms with E-state index in [4.69, 9.17) is 0 Å². The van der Waals surface area contributed by atoms with Gasteiger partial charge in [0.1, 0.15) is 6.54 Å². The summed E-state index contributed by atoms with van der Waals surface area (Å²) >= 11 is 0.